The highest BCUT2D eigenvalue weighted by Gasteiger charge is 2.01. The average molecular weight is 262 g/mol. The molecule has 0 aliphatic carbocycles. The van der Waals surface area contributed by atoms with E-state index in [1.54, 1.807) is 11.8 Å². The largest absolute Gasteiger partial charge is 0.128 e. The Balaban J connectivity index is 3.26. The van der Waals surface area contributed by atoms with Crippen LogP contribution in [0.3, 0.4) is 0 Å². The van der Waals surface area contributed by atoms with Gasteiger partial charge in [-0.15, -0.1) is 11.8 Å². The molecule has 12 heavy (non-hydrogen) atoms. The highest BCUT2D eigenvalue weighted by molar-refractivity contribution is 9.12. The van der Waals surface area contributed by atoms with Gasteiger partial charge in [-0.1, -0.05) is 23.6 Å². The van der Waals surface area contributed by atoms with Gasteiger partial charge in [-0.05, 0) is 23.2 Å². The molecule has 0 aliphatic heterocycles. The van der Waals surface area contributed by atoms with Crippen molar-refractivity contribution in [2.45, 2.75) is 4.90 Å². The van der Waals surface area contributed by atoms with E-state index in [4.69, 9.17) is 11.6 Å². The van der Waals surface area contributed by atoms with Crippen LogP contribution < -0.4 is 0 Å². The lowest BCUT2D eigenvalue weighted by Crippen LogP contribution is -1.80. The third-order valence-electron chi connectivity index (χ3n) is 1.37. The number of hydrogen-bond donors (Lipinski definition) is 0. The zero-order chi connectivity index (χ0) is 8.97. The van der Waals surface area contributed by atoms with Crippen LogP contribution in [0.15, 0.2) is 23.1 Å². The molecule has 0 unspecified atom stereocenters. The summed E-state index contributed by atoms with van der Waals surface area (Å²) in [7, 11) is 0. The topological polar surface area (TPSA) is 0 Å². The molecule has 0 spiro atoms. The average Bonchev–Trinajstić information content (AvgIpc) is 2.09. The highest BCUT2D eigenvalue weighted by atomic mass is 79.9. The summed E-state index contributed by atoms with van der Waals surface area (Å²) < 4.78 is 0. The lowest BCUT2D eigenvalue weighted by atomic mass is 10.2. The van der Waals surface area contributed by atoms with Crippen LogP contribution in [0.4, 0.5) is 0 Å². The Bertz CT molecular complexity index is 338. The van der Waals surface area contributed by atoms with Crippen molar-refractivity contribution in [3.8, 4) is 10.8 Å². The number of hydrogen-bond acceptors (Lipinski definition) is 1. The summed E-state index contributed by atoms with van der Waals surface area (Å²) in [4.78, 5) is 3.77. The van der Waals surface area contributed by atoms with Gasteiger partial charge in [0.2, 0.25) is 0 Å². The lowest BCUT2D eigenvalue weighted by molar-refractivity contribution is 1.42. The van der Waals surface area contributed by atoms with Crippen LogP contribution in [-0.2, 0) is 0 Å². The van der Waals surface area contributed by atoms with Crippen LogP contribution in [0.1, 0.15) is 5.56 Å². The molecule has 0 saturated carbocycles. The second kappa shape index (κ2) is 4.81. The number of benzene rings is 1. The van der Waals surface area contributed by atoms with E-state index in [1.165, 1.54) is 0 Å². The first-order valence-corrected chi connectivity index (χ1v) is 5.63. The summed E-state index contributed by atoms with van der Waals surface area (Å²) in [6, 6.07) is 5.77. The summed E-state index contributed by atoms with van der Waals surface area (Å²) in [6.07, 6.45) is 2.01. The lowest BCUT2D eigenvalue weighted by Gasteiger charge is -2.01. The van der Waals surface area contributed by atoms with Gasteiger partial charge in [-0.2, -0.15) is 0 Å². The van der Waals surface area contributed by atoms with E-state index in [9.17, 15) is 0 Å². The molecule has 0 aromatic heterocycles. The molecule has 0 aliphatic rings. The maximum absolute atomic E-state index is 5.95. The smallest absolute Gasteiger partial charge is 0.0576 e. The van der Waals surface area contributed by atoms with Crippen LogP contribution in [0, 0.1) is 10.8 Å². The van der Waals surface area contributed by atoms with E-state index in [-0.39, 0.29) is 0 Å². The fraction of sp³-hybridized carbons (Fsp3) is 0.111. The van der Waals surface area contributed by atoms with Crippen molar-refractivity contribution in [3.63, 3.8) is 0 Å². The summed E-state index contributed by atoms with van der Waals surface area (Å²) >= 11 is 10.6. The molecule has 0 nitrogen and oxygen atoms in total. The maximum atomic E-state index is 5.95. The molecule has 1 aromatic rings. The first-order chi connectivity index (χ1) is 5.79. The zero-order valence-corrected chi connectivity index (χ0v) is 9.55. The molecule has 0 fully saturated rings. The van der Waals surface area contributed by atoms with Gasteiger partial charge in [0.1, 0.15) is 0 Å². The van der Waals surface area contributed by atoms with E-state index in [0.717, 1.165) is 10.5 Å². The van der Waals surface area contributed by atoms with Gasteiger partial charge in [0, 0.05) is 20.8 Å². The van der Waals surface area contributed by atoms with Crippen LogP contribution in [0.5, 0.6) is 0 Å². The molecule has 62 valence electrons. The van der Waals surface area contributed by atoms with Gasteiger partial charge < -0.3 is 0 Å². The van der Waals surface area contributed by atoms with Crippen LogP contribution in [0.25, 0.3) is 0 Å². The summed E-state index contributed by atoms with van der Waals surface area (Å²) in [5.74, 6) is 2.91. The zero-order valence-electron chi connectivity index (χ0n) is 6.40. The van der Waals surface area contributed by atoms with Crippen LogP contribution in [-0.4, -0.2) is 6.26 Å². The van der Waals surface area contributed by atoms with Crippen molar-refractivity contribution < 1.29 is 0 Å². The Morgan fingerprint density at radius 1 is 1.50 bits per heavy atom. The molecule has 0 atom stereocenters. The maximum Gasteiger partial charge on any atom is 0.0576 e. The van der Waals surface area contributed by atoms with Gasteiger partial charge in [0.15, 0.2) is 0 Å². The molecule has 0 radical (unpaired) electrons. The third kappa shape index (κ3) is 2.20. The highest BCUT2D eigenvalue weighted by Crippen LogP contribution is 2.25. The Kier molecular flexibility index (Phi) is 4.00. The normalized spacial score (nSPS) is 8.92. The van der Waals surface area contributed by atoms with E-state index < -0.39 is 0 Å². The monoisotopic (exact) mass is 260 g/mol. The van der Waals surface area contributed by atoms with Crippen molar-refractivity contribution >= 4 is 39.3 Å². The Morgan fingerprint density at radius 2 is 2.25 bits per heavy atom. The van der Waals surface area contributed by atoms with E-state index >= 15 is 0 Å². The number of halogens is 2. The second-order valence-electron chi connectivity index (χ2n) is 2.04. The molecule has 0 amide bonds. The standard InChI is InChI=1S/C9H6BrClS/c1-12-9-4-2-3-8(11)7(9)5-6-10/h2-4H,1H3. The van der Waals surface area contributed by atoms with Crippen molar-refractivity contribution in [1.82, 2.24) is 0 Å². The molecular weight excluding hydrogens is 256 g/mol. The number of thioether (sulfide) groups is 1. The van der Waals surface area contributed by atoms with E-state index in [1.807, 2.05) is 24.5 Å². The minimum absolute atomic E-state index is 0.703. The van der Waals surface area contributed by atoms with Crippen molar-refractivity contribution in [1.29, 1.82) is 0 Å². The van der Waals surface area contributed by atoms with Gasteiger partial charge >= 0.3 is 0 Å². The van der Waals surface area contributed by atoms with Gasteiger partial charge in [-0.3, -0.25) is 0 Å². The Labute approximate surface area is 89.8 Å². The molecule has 0 N–H and O–H groups in total. The third-order valence-corrected chi connectivity index (χ3v) is 2.66. The predicted octanol–water partition coefficient (Wildman–Crippen LogP) is 3.77. The summed E-state index contributed by atoms with van der Waals surface area (Å²) in [6.45, 7) is 0. The molecule has 0 bridgehead atoms. The van der Waals surface area contributed by atoms with Gasteiger partial charge in [-0.25, -0.2) is 0 Å². The molecule has 3 heteroatoms. The predicted molar refractivity (Wildman–Crippen MR) is 59.0 cm³/mol. The Hall–Kier alpha value is -0.100. The Morgan fingerprint density at radius 3 is 2.83 bits per heavy atom. The minimum Gasteiger partial charge on any atom is -0.128 e. The SMILES string of the molecule is CSc1cccc(Cl)c1C#CBr. The molecule has 1 rings (SSSR count). The second-order valence-corrected chi connectivity index (χ2v) is 3.69. The van der Waals surface area contributed by atoms with Crippen LogP contribution in [0.2, 0.25) is 5.02 Å². The quantitative estimate of drug-likeness (QED) is 0.548. The number of rotatable bonds is 1. The molecule has 0 heterocycles. The van der Waals surface area contributed by atoms with E-state index in [2.05, 4.69) is 26.7 Å². The molecule has 1 aromatic carbocycles. The summed E-state index contributed by atoms with van der Waals surface area (Å²) in [5.41, 5.74) is 0.892. The van der Waals surface area contributed by atoms with Gasteiger partial charge in [0.25, 0.3) is 0 Å². The first kappa shape index (κ1) is 9.98. The van der Waals surface area contributed by atoms with Crippen molar-refractivity contribution in [2.75, 3.05) is 6.26 Å². The van der Waals surface area contributed by atoms with Crippen molar-refractivity contribution in [2.24, 2.45) is 0 Å². The fourth-order valence-corrected chi connectivity index (χ4v) is 1.90. The van der Waals surface area contributed by atoms with Crippen LogP contribution >= 0.6 is 39.3 Å². The minimum atomic E-state index is 0.703. The summed E-state index contributed by atoms with van der Waals surface area (Å²) in [5, 5.41) is 0.703. The van der Waals surface area contributed by atoms with E-state index in [0.29, 0.717) is 5.02 Å². The van der Waals surface area contributed by atoms with Gasteiger partial charge in [0.05, 0.1) is 10.6 Å². The first-order valence-electron chi connectivity index (χ1n) is 3.23. The molecule has 0 saturated heterocycles. The van der Waals surface area contributed by atoms with Crippen molar-refractivity contribution in [3.05, 3.63) is 28.8 Å². The molecular formula is C9H6BrClS. The fourth-order valence-electron chi connectivity index (χ4n) is 0.843.